The van der Waals surface area contributed by atoms with E-state index >= 15 is 0 Å². The summed E-state index contributed by atoms with van der Waals surface area (Å²) in [6.07, 6.45) is 1.11. The zero-order valence-corrected chi connectivity index (χ0v) is 15.4. The third-order valence-electron chi connectivity index (χ3n) is 4.03. The fourth-order valence-corrected chi connectivity index (χ4v) is 6.39. The first-order valence-electron chi connectivity index (χ1n) is 7.15. The van der Waals surface area contributed by atoms with E-state index in [1.165, 1.54) is 4.31 Å². The van der Waals surface area contributed by atoms with E-state index in [0.717, 1.165) is 22.9 Å². The van der Waals surface area contributed by atoms with Crippen molar-refractivity contribution in [3.63, 3.8) is 0 Å². The lowest BCUT2D eigenvalue weighted by Gasteiger charge is -2.46. The Morgan fingerprint density at radius 1 is 1.50 bits per heavy atom. The minimum atomic E-state index is -3.27. The monoisotopic (exact) mass is 363 g/mol. The molecule has 1 spiro atoms. The molecule has 0 bridgehead atoms. The summed E-state index contributed by atoms with van der Waals surface area (Å²) in [5.41, 5.74) is 0.985. The van der Waals surface area contributed by atoms with Crippen molar-refractivity contribution in [2.24, 2.45) is 0 Å². The molecule has 1 atom stereocenters. The van der Waals surface area contributed by atoms with Crippen LogP contribution in [0.1, 0.15) is 17.1 Å². The zero-order valence-electron chi connectivity index (χ0n) is 13.0. The summed E-state index contributed by atoms with van der Waals surface area (Å²) in [6.45, 7) is 3.72. The molecular weight excluding hydrogens is 342 g/mol. The van der Waals surface area contributed by atoms with Gasteiger partial charge in [-0.3, -0.25) is 0 Å². The first kappa shape index (κ1) is 16.7. The third-order valence-corrected chi connectivity index (χ3v) is 8.26. The second-order valence-corrected chi connectivity index (χ2v) is 10.7. The molecule has 0 aliphatic carbocycles. The van der Waals surface area contributed by atoms with Crippen molar-refractivity contribution in [2.75, 3.05) is 32.9 Å². The minimum absolute atomic E-state index is 0.0474. The molecule has 0 N–H and O–H groups in total. The number of aryl methyl sites for hydroxylation is 1. The highest BCUT2D eigenvalue weighted by molar-refractivity contribution is 8.01. The van der Waals surface area contributed by atoms with Crippen molar-refractivity contribution in [1.29, 1.82) is 0 Å². The lowest BCUT2D eigenvalue weighted by molar-refractivity contribution is 0.0378. The maximum Gasteiger partial charge on any atom is 0.281 e. The van der Waals surface area contributed by atoms with E-state index < -0.39 is 10.2 Å². The van der Waals surface area contributed by atoms with Crippen LogP contribution in [0.2, 0.25) is 0 Å². The van der Waals surface area contributed by atoms with E-state index in [-0.39, 0.29) is 10.9 Å². The van der Waals surface area contributed by atoms with Crippen LogP contribution in [0, 0.1) is 6.92 Å². The van der Waals surface area contributed by atoms with Crippen LogP contribution in [0.4, 0.5) is 0 Å². The minimum Gasteiger partial charge on any atom is -0.371 e. The Morgan fingerprint density at radius 2 is 2.23 bits per heavy atom. The fraction of sp³-hybridized carbons (Fsp3) is 0.769. The number of aromatic nitrogens is 1. The van der Waals surface area contributed by atoms with Crippen molar-refractivity contribution < 1.29 is 13.2 Å². The predicted octanol–water partition coefficient (Wildman–Crippen LogP) is 1.33. The van der Waals surface area contributed by atoms with Gasteiger partial charge < -0.3 is 4.74 Å². The van der Waals surface area contributed by atoms with Crippen LogP contribution in [0.3, 0.4) is 0 Å². The lowest BCUT2D eigenvalue weighted by atomic mass is 9.95. The summed E-state index contributed by atoms with van der Waals surface area (Å²) in [5, 5.41) is 3.08. The number of nitrogens with zero attached hydrogens (tertiary/aromatic N) is 3. The Morgan fingerprint density at radius 3 is 2.82 bits per heavy atom. The van der Waals surface area contributed by atoms with Crippen LogP contribution in [0.5, 0.6) is 0 Å². The molecule has 0 saturated carbocycles. The maximum atomic E-state index is 12.1. The summed E-state index contributed by atoms with van der Waals surface area (Å²) in [4.78, 5) is 4.40. The molecule has 1 aromatic rings. The molecule has 0 radical (unpaired) electrons. The largest absolute Gasteiger partial charge is 0.371 e. The van der Waals surface area contributed by atoms with E-state index in [1.54, 1.807) is 29.7 Å². The molecule has 2 saturated heterocycles. The Bertz CT molecular complexity index is 638. The summed E-state index contributed by atoms with van der Waals surface area (Å²) >= 11 is 3.48. The van der Waals surface area contributed by atoms with Gasteiger partial charge in [-0.25, -0.2) is 4.98 Å². The highest BCUT2D eigenvalue weighted by Gasteiger charge is 2.53. The highest BCUT2D eigenvalue weighted by atomic mass is 32.2. The fourth-order valence-electron chi connectivity index (χ4n) is 2.80. The molecule has 3 rings (SSSR count). The van der Waals surface area contributed by atoms with Crippen molar-refractivity contribution in [2.45, 2.75) is 30.8 Å². The molecule has 22 heavy (non-hydrogen) atoms. The van der Waals surface area contributed by atoms with E-state index in [4.69, 9.17) is 4.74 Å². The van der Waals surface area contributed by atoms with Gasteiger partial charge in [-0.05, 0) is 13.3 Å². The van der Waals surface area contributed by atoms with Crippen molar-refractivity contribution in [3.8, 4) is 0 Å². The second-order valence-electron chi connectivity index (χ2n) is 6.05. The first-order chi connectivity index (χ1) is 10.3. The van der Waals surface area contributed by atoms with Gasteiger partial charge in [0.2, 0.25) is 0 Å². The highest BCUT2D eigenvalue weighted by Crippen LogP contribution is 2.47. The van der Waals surface area contributed by atoms with Gasteiger partial charge in [-0.15, -0.1) is 23.1 Å². The number of thiazole rings is 1. The molecule has 1 aromatic heterocycles. The Kier molecular flexibility index (Phi) is 4.56. The molecule has 0 amide bonds. The van der Waals surface area contributed by atoms with E-state index in [2.05, 4.69) is 4.98 Å². The quantitative estimate of drug-likeness (QED) is 0.790. The van der Waals surface area contributed by atoms with Gasteiger partial charge in [0.15, 0.2) is 0 Å². The topological polar surface area (TPSA) is 62.7 Å². The van der Waals surface area contributed by atoms with Gasteiger partial charge in [0.1, 0.15) is 0 Å². The number of thioether (sulfide) groups is 1. The second kappa shape index (κ2) is 6.03. The van der Waals surface area contributed by atoms with E-state index in [1.807, 2.05) is 24.1 Å². The average Bonchev–Trinajstić information content (AvgIpc) is 3.00. The molecule has 2 aliphatic heterocycles. The van der Waals surface area contributed by atoms with Crippen molar-refractivity contribution >= 4 is 33.3 Å². The SMILES string of the molecule is Cc1nc(CO[C@H]2CSC3(C2)CN(S(=O)(=O)N(C)C)C3)cs1. The maximum absolute atomic E-state index is 12.1. The molecule has 0 unspecified atom stereocenters. The normalized spacial score (nSPS) is 25.0. The summed E-state index contributed by atoms with van der Waals surface area (Å²) in [6, 6.07) is 0. The third kappa shape index (κ3) is 3.20. The zero-order chi connectivity index (χ0) is 16.0. The lowest BCUT2D eigenvalue weighted by Crippen LogP contribution is -2.62. The Hall–Kier alpha value is -0.190. The van der Waals surface area contributed by atoms with Gasteiger partial charge in [0.05, 0.1) is 23.4 Å². The number of rotatable bonds is 5. The van der Waals surface area contributed by atoms with E-state index in [9.17, 15) is 8.42 Å². The standard InChI is InChI=1S/C13H21N3O3S3/c1-10-14-11(6-20-10)5-19-12-4-13(21-7-12)8-16(9-13)22(17,18)15(2)3/h6,12H,4-5,7-9H2,1-3H3/t12-/m1/s1. The summed E-state index contributed by atoms with van der Waals surface area (Å²) in [7, 11) is -0.123. The van der Waals surface area contributed by atoms with Gasteiger partial charge >= 0.3 is 0 Å². The number of hydrogen-bond acceptors (Lipinski definition) is 6. The van der Waals surface area contributed by atoms with Crippen LogP contribution in [-0.4, -0.2) is 65.8 Å². The van der Waals surface area contributed by atoms with Crippen molar-refractivity contribution in [3.05, 3.63) is 16.1 Å². The van der Waals surface area contributed by atoms with E-state index in [0.29, 0.717) is 19.7 Å². The Labute approximate surface area is 140 Å². The first-order valence-corrected chi connectivity index (χ1v) is 10.4. The smallest absolute Gasteiger partial charge is 0.281 e. The van der Waals surface area contributed by atoms with Gasteiger partial charge in [0.25, 0.3) is 10.2 Å². The van der Waals surface area contributed by atoms with Gasteiger partial charge in [0, 0.05) is 43.1 Å². The number of ether oxygens (including phenoxy) is 1. The molecule has 6 nitrogen and oxygen atoms in total. The summed E-state index contributed by atoms with van der Waals surface area (Å²) < 4.78 is 32.9. The van der Waals surface area contributed by atoms with Crippen LogP contribution in [-0.2, 0) is 21.6 Å². The summed E-state index contributed by atoms with van der Waals surface area (Å²) in [5.74, 6) is 0.930. The van der Waals surface area contributed by atoms with Gasteiger partial charge in [-0.2, -0.15) is 17.0 Å². The molecule has 9 heteroatoms. The van der Waals surface area contributed by atoms with Crippen molar-refractivity contribution in [1.82, 2.24) is 13.6 Å². The van der Waals surface area contributed by atoms with Crippen LogP contribution < -0.4 is 0 Å². The van der Waals surface area contributed by atoms with Gasteiger partial charge in [-0.1, -0.05) is 0 Å². The molecule has 2 aliphatic rings. The molecule has 2 fully saturated rings. The molecule has 0 aromatic carbocycles. The van der Waals surface area contributed by atoms with Crippen LogP contribution in [0.15, 0.2) is 5.38 Å². The van der Waals surface area contributed by atoms with Crippen LogP contribution in [0.25, 0.3) is 0 Å². The average molecular weight is 364 g/mol. The number of hydrogen-bond donors (Lipinski definition) is 0. The molecule has 124 valence electrons. The van der Waals surface area contributed by atoms with Crippen LogP contribution >= 0.6 is 23.1 Å². The Balaban J connectivity index is 1.49. The molecular formula is C13H21N3O3S3. The predicted molar refractivity (Wildman–Crippen MR) is 89.4 cm³/mol. The molecule has 3 heterocycles.